The predicted molar refractivity (Wildman–Crippen MR) is 92.4 cm³/mol. The van der Waals surface area contributed by atoms with Gasteiger partial charge in [-0.25, -0.2) is 8.42 Å². The van der Waals surface area contributed by atoms with Gasteiger partial charge < -0.3 is 0 Å². The van der Waals surface area contributed by atoms with Crippen LogP contribution in [0, 0.1) is 11.3 Å². The third-order valence-electron chi connectivity index (χ3n) is 3.53. The maximum Gasteiger partial charge on any atom is 0.216 e. The third kappa shape index (κ3) is 3.88. The number of allylic oxidation sites excluding steroid dienone is 1. The Morgan fingerprint density at radius 1 is 1.00 bits per heavy atom. The fourth-order valence-electron chi connectivity index (χ4n) is 2.13. The molecule has 2 rings (SSSR count). The van der Waals surface area contributed by atoms with Crippen molar-refractivity contribution in [2.24, 2.45) is 0 Å². The molecule has 0 bridgehead atoms. The molecule has 0 aliphatic heterocycles. The quantitative estimate of drug-likeness (QED) is 0.790. The minimum atomic E-state index is -3.79. The normalized spacial score (nSPS) is 12.7. The highest BCUT2D eigenvalue weighted by atomic mass is 32.2. The summed E-state index contributed by atoms with van der Waals surface area (Å²) >= 11 is 0. The second-order valence-corrected chi connectivity index (χ2v) is 8.23. The van der Waals surface area contributed by atoms with Crippen molar-refractivity contribution in [1.82, 2.24) is 0 Å². The molecule has 0 aromatic heterocycles. The van der Waals surface area contributed by atoms with Crippen LogP contribution in [0.1, 0.15) is 31.9 Å². The number of sulfone groups is 1. The lowest BCUT2D eigenvalue weighted by Gasteiger charge is -2.18. The molecule has 118 valence electrons. The van der Waals surface area contributed by atoms with Crippen LogP contribution in [0.4, 0.5) is 0 Å². The molecular weight excluding hydrogens is 306 g/mol. The highest BCUT2D eigenvalue weighted by molar-refractivity contribution is 7.95. The second kappa shape index (κ2) is 6.39. The van der Waals surface area contributed by atoms with E-state index in [9.17, 15) is 13.7 Å². The van der Waals surface area contributed by atoms with Gasteiger partial charge in [0.05, 0.1) is 4.90 Å². The molecule has 0 N–H and O–H groups in total. The molecule has 0 atom stereocenters. The summed E-state index contributed by atoms with van der Waals surface area (Å²) in [6.07, 6.45) is 1.41. The zero-order valence-electron chi connectivity index (χ0n) is 13.4. The van der Waals surface area contributed by atoms with E-state index in [1.54, 1.807) is 18.2 Å². The minimum Gasteiger partial charge on any atom is -0.218 e. The molecule has 23 heavy (non-hydrogen) atoms. The number of hydrogen-bond donors (Lipinski definition) is 0. The topological polar surface area (TPSA) is 57.9 Å². The first-order valence-corrected chi connectivity index (χ1v) is 8.76. The van der Waals surface area contributed by atoms with Crippen LogP contribution in [0.25, 0.3) is 6.08 Å². The number of hydrogen-bond acceptors (Lipinski definition) is 3. The molecule has 0 aliphatic carbocycles. The van der Waals surface area contributed by atoms with Crippen molar-refractivity contribution in [2.45, 2.75) is 31.1 Å². The Bertz CT molecular complexity index is 850. The molecule has 2 aromatic rings. The van der Waals surface area contributed by atoms with Gasteiger partial charge in [-0.05, 0) is 34.8 Å². The zero-order chi connectivity index (χ0) is 17.1. The standard InChI is InChI=1S/C19H19NO2S/c1-19(2,3)16-11-9-15(10-12-16)13-18(14-20)23(21,22)17-7-5-4-6-8-17/h4-13H,1-3H3/b18-13-. The Hall–Kier alpha value is -2.38. The van der Waals surface area contributed by atoms with E-state index < -0.39 is 9.84 Å². The zero-order valence-corrected chi connectivity index (χ0v) is 14.3. The summed E-state index contributed by atoms with van der Waals surface area (Å²) in [5.41, 5.74) is 1.87. The summed E-state index contributed by atoms with van der Waals surface area (Å²) in [4.78, 5) is -0.133. The lowest BCUT2D eigenvalue weighted by Crippen LogP contribution is -2.10. The Labute approximate surface area is 137 Å². The molecule has 0 heterocycles. The van der Waals surface area contributed by atoms with Crippen LogP contribution < -0.4 is 0 Å². The number of rotatable bonds is 3. The summed E-state index contributed by atoms with van der Waals surface area (Å²) < 4.78 is 25.0. The molecule has 0 unspecified atom stereocenters. The van der Waals surface area contributed by atoms with Crippen molar-refractivity contribution < 1.29 is 8.42 Å². The SMILES string of the molecule is CC(C)(C)c1ccc(/C=C(/C#N)S(=O)(=O)c2ccccc2)cc1. The van der Waals surface area contributed by atoms with Crippen molar-refractivity contribution in [3.8, 4) is 6.07 Å². The van der Waals surface area contributed by atoms with Gasteiger partial charge in [0.1, 0.15) is 11.0 Å². The molecule has 2 aromatic carbocycles. The fourth-order valence-corrected chi connectivity index (χ4v) is 3.31. The number of nitrogens with zero attached hydrogens (tertiary/aromatic N) is 1. The van der Waals surface area contributed by atoms with E-state index in [4.69, 9.17) is 0 Å². The first-order valence-electron chi connectivity index (χ1n) is 7.27. The fraction of sp³-hybridized carbons (Fsp3) is 0.211. The Kier molecular flexibility index (Phi) is 4.72. The number of benzene rings is 2. The minimum absolute atomic E-state index is 0.0242. The van der Waals surface area contributed by atoms with Gasteiger partial charge in [0.15, 0.2) is 0 Å². The van der Waals surface area contributed by atoms with Gasteiger partial charge in [0.25, 0.3) is 0 Å². The summed E-state index contributed by atoms with van der Waals surface area (Å²) in [5, 5.41) is 9.27. The molecule has 0 fully saturated rings. The van der Waals surface area contributed by atoms with Gasteiger partial charge in [-0.15, -0.1) is 0 Å². The number of nitriles is 1. The molecule has 0 saturated carbocycles. The van der Waals surface area contributed by atoms with Crippen LogP contribution >= 0.6 is 0 Å². The van der Waals surface area contributed by atoms with Crippen LogP contribution in [0.15, 0.2) is 64.4 Å². The maximum absolute atomic E-state index is 12.5. The first-order chi connectivity index (χ1) is 10.7. The van der Waals surface area contributed by atoms with Crippen molar-refractivity contribution in [3.05, 3.63) is 70.6 Å². The van der Waals surface area contributed by atoms with Crippen molar-refractivity contribution in [3.63, 3.8) is 0 Å². The Balaban J connectivity index is 2.42. The summed E-state index contributed by atoms with van der Waals surface area (Å²) in [6.45, 7) is 6.33. The molecule has 0 radical (unpaired) electrons. The summed E-state index contributed by atoms with van der Waals surface area (Å²) in [7, 11) is -3.79. The van der Waals surface area contributed by atoms with Crippen LogP contribution in [-0.4, -0.2) is 8.42 Å². The monoisotopic (exact) mass is 325 g/mol. The van der Waals surface area contributed by atoms with Gasteiger partial charge in [0, 0.05) is 0 Å². The van der Waals surface area contributed by atoms with Gasteiger partial charge in [-0.1, -0.05) is 63.2 Å². The Morgan fingerprint density at radius 3 is 2.04 bits per heavy atom. The average Bonchev–Trinajstić information content (AvgIpc) is 2.53. The van der Waals surface area contributed by atoms with Crippen molar-refractivity contribution >= 4 is 15.9 Å². The third-order valence-corrected chi connectivity index (χ3v) is 5.21. The van der Waals surface area contributed by atoms with E-state index in [-0.39, 0.29) is 15.2 Å². The Morgan fingerprint density at radius 2 is 1.57 bits per heavy atom. The second-order valence-electron chi connectivity index (χ2n) is 6.31. The van der Waals surface area contributed by atoms with E-state index in [1.807, 2.05) is 30.3 Å². The van der Waals surface area contributed by atoms with Crippen molar-refractivity contribution in [2.75, 3.05) is 0 Å². The highest BCUT2D eigenvalue weighted by Crippen LogP contribution is 2.24. The molecule has 3 nitrogen and oxygen atoms in total. The lowest BCUT2D eigenvalue weighted by molar-refractivity contribution is 0.590. The van der Waals surface area contributed by atoms with Crippen LogP contribution in [0.2, 0.25) is 0 Å². The average molecular weight is 325 g/mol. The van der Waals surface area contributed by atoms with Gasteiger partial charge in [0.2, 0.25) is 9.84 Å². The maximum atomic E-state index is 12.5. The van der Waals surface area contributed by atoms with E-state index in [1.165, 1.54) is 18.2 Å². The molecule has 0 spiro atoms. The lowest BCUT2D eigenvalue weighted by atomic mass is 9.87. The van der Waals surface area contributed by atoms with Gasteiger partial charge in [-0.3, -0.25) is 0 Å². The predicted octanol–water partition coefficient (Wildman–Crippen LogP) is 4.32. The van der Waals surface area contributed by atoms with Crippen LogP contribution in [0.5, 0.6) is 0 Å². The molecule has 0 amide bonds. The molecule has 0 aliphatic rings. The first kappa shape index (κ1) is 17.0. The molecule has 0 saturated heterocycles. The van der Waals surface area contributed by atoms with Crippen LogP contribution in [0.3, 0.4) is 0 Å². The molecular formula is C19H19NO2S. The largest absolute Gasteiger partial charge is 0.218 e. The van der Waals surface area contributed by atoms with E-state index >= 15 is 0 Å². The smallest absolute Gasteiger partial charge is 0.216 e. The highest BCUT2D eigenvalue weighted by Gasteiger charge is 2.20. The van der Waals surface area contributed by atoms with E-state index in [0.29, 0.717) is 5.56 Å². The summed E-state index contributed by atoms with van der Waals surface area (Å²) in [6, 6.07) is 17.4. The summed E-state index contributed by atoms with van der Waals surface area (Å²) in [5.74, 6) is 0. The van der Waals surface area contributed by atoms with E-state index in [2.05, 4.69) is 20.8 Å². The van der Waals surface area contributed by atoms with E-state index in [0.717, 1.165) is 5.56 Å². The van der Waals surface area contributed by atoms with Gasteiger partial charge >= 0.3 is 0 Å². The van der Waals surface area contributed by atoms with Crippen LogP contribution in [-0.2, 0) is 15.3 Å². The van der Waals surface area contributed by atoms with Crippen molar-refractivity contribution in [1.29, 1.82) is 5.26 Å². The molecule has 4 heteroatoms. The van der Waals surface area contributed by atoms with Gasteiger partial charge in [-0.2, -0.15) is 5.26 Å².